The molecule has 1 unspecified atom stereocenters. The summed E-state index contributed by atoms with van der Waals surface area (Å²) in [6.07, 6.45) is 0.526. The molecule has 1 aliphatic heterocycles. The molecule has 27 heavy (non-hydrogen) atoms. The van der Waals surface area contributed by atoms with Gasteiger partial charge in [0.05, 0.1) is 20.8 Å². The molecule has 0 radical (unpaired) electrons. The fourth-order valence-electron chi connectivity index (χ4n) is 3.23. The number of rotatable bonds is 5. The van der Waals surface area contributed by atoms with Crippen LogP contribution in [-0.4, -0.2) is 48.8 Å². The van der Waals surface area contributed by atoms with Gasteiger partial charge in [-0.15, -0.1) is 0 Å². The Hall–Kier alpha value is -2.96. The zero-order valence-corrected chi connectivity index (χ0v) is 16.0. The number of hydrogen-bond acceptors (Lipinski definition) is 5. The summed E-state index contributed by atoms with van der Waals surface area (Å²) in [5.41, 5.74) is 1.12. The van der Waals surface area contributed by atoms with E-state index in [-0.39, 0.29) is 17.6 Å². The number of likely N-dealkylation sites (tertiary alicyclic amines) is 1. The Morgan fingerprint density at radius 3 is 2.41 bits per heavy atom. The molecule has 1 saturated heterocycles. The molecule has 0 spiro atoms. The second-order valence-electron chi connectivity index (χ2n) is 6.55. The first-order chi connectivity index (χ1) is 12.9. The van der Waals surface area contributed by atoms with E-state index in [4.69, 9.17) is 14.2 Å². The molecule has 2 heterocycles. The van der Waals surface area contributed by atoms with Crippen molar-refractivity contribution in [1.29, 1.82) is 0 Å². The van der Waals surface area contributed by atoms with Crippen LogP contribution in [0.1, 0.15) is 22.5 Å². The fourth-order valence-corrected chi connectivity index (χ4v) is 3.23. The Morgan fingerprint density at radius 2 is 1.81 bits per heavy atom. The van der Waals surface area contributed by atoms with Gasteiger partial charge in [0, 0.05) is 31.8 Å². The summed E-state index contributed by atoms with van der Waals surface area (Å²) in [7, 11) is 4.78. The lowest BCUT2D eigenvalue weighted by molar-refractivity contribution is 0.0765. The van der Waals surface area contributed by atoms with Crippen LogP contribution >= 0.6 is 0 Å². The van der Waals surface area contributed by atoms with Gasteiger partial charge >= 0.3 is 0 Å². The van der Waals surface area contributed by atoms with Crippen molar-refractivity contribution in [2.24, 2.45) is 7.05 Å². The minimum absolute atomic E-state index is 0.116. The summed E-state index contributed by atoms with van der Waals surface area (Å²) in [5, 5.41) is 0. The van der Waals surface area contributed by atoms with Crippen molar-refractivity contribution in [3.63, 3.8) is 0 Å². The fraction of sp³-hybridized carbons (Fsp3) is 0.400. The van der Waals surface area contributed by atoms with E-state index in [9.17, 15) is 9.59 Å². The van der Waals surface area contributed by atoms with E-state index in [1.807, 2.05) is 13.0 Å². The van der Waals surface area contributed by atoms with Crippen molar-refractivity contribution in [3.8, 4) is 17.2 Å². The van der Waals surface area contributed by atoms with E-state index < -0.39 is 0 Å². The Balaban J connectivity index is 1.75. The molecule has 1 amide bonds. The van der Waals surface area contributed by atoms with E-state index >= 15 is 0 Å². The zero-order chi connectivity index (χ0) is 19.6. The third-order valence-electron chi connectivity index (χ3n) is 4.85. The van der Waals surface area contributed by atoms with Crippen molar-refractivity contribution >= 4 is 5.91 Å². The molecule has 0 aliphatic carbocycles. The van der Waals surface area contributed by atoms with Crippen molar-refractivity contribution in [1.82, 2.24) is 9.47 Å². The second kappa shape index (κ2) is 7.73. The van der Waals surface area contributed by atoms with Gasteiger partial charge in [0.15, 0.2) is 0 Å². The third-order valence-corrected chi connectivity index (χ3v) is 4.85. The third kappa shape index (κ3) is 3.77. The molecule has 1 atom stereocenters. The standard InChI is InChI=1S/C20H24N2O5/c1-13-10-15(11-18(23)21(13)2)27-14-8-9-22(12-14)20(24)19-16(25-3)6-5-7-17(19)26-4/h5-7,10-11,14H,8-9,12H2,1-4H3. The van der Waals surface area contributed by atoms with E-state index in [0.717, 1.165) is 5.69 Å². The van der Waals surface area contributed by atoms with Crippen LogP contribution in [0.5, 0.6) is 17.2 Å². The van der Waals surface area contributed by atoms with Gasteiger partial charge in [-0.1, -0.05) is 6.07 Å². The monoisotopic (exact) mass is 372 g/mol. The molecule has 0 saturated carbocycles. The normalized spacial score (nSPS) is 16.3. The number of nitrogens with zero attached hydrogens (tertiary/aromatic N) is 2. The average Bonchev–Trinajstić information content (AvgIpc) is 3.13. The molecule has 0 bridgehead atoms. The molecule has 2 aromatic rings. The summed E-state index contributed by atoms with van der Waals surface area (Å²) < 4.78 is 18.2. The van der Waals surface area contributed by atoms with Gasteiger partial charge in [-0.25, -0.2) is 0 Å². The van der Waals surface area contributed by atoms with Crippen molar-refractivity contribution in [2.45, 2.75) is 19.4 Å². The lowest BCUT2D eigenvalue weighted by Crippen LogP contribution is -2.31. The number of hydrogen-bond donors (Lipinski definition) is 0. The summed E-state index contributed by atoms with van der Waals surface area (Å²) in [6.45, 7) is 2.86. The molecule has 0 N–H and O–H groups in total. The minimum Gasteiger partial charge on any atom is -0.496 e. The van der Waals surface area contributed by atoms with Gasteiger partial charge < -0.3 is 23.7 Å². The number of carbonyl (C=O) groups excluding carboxylic acids is 1. The maximum absolute atomic E-state index is 13.0. The van der Waals surface area contributed by atoms with Gasteiger partial charge in [-0.2, -0.15) is 0 Å². The summed E-state index contributed by atoms with van der Waals surface area (Å²) >= 11 is 0. The number of carbonyl (C=O) groups is 1. The molecule has 7 heteroatoms. The van der Waals surface area contributed by atoms with E-state index in [0.29, 0.717) is 42.3 Å². The lowest BCUT2D eigenvalue weighted by Gasteiger charge is -2.20. The maximum atomic E-state index is 13.0. The molecule has 7 nitrogen and oxygen atoms in total. The molecule has 1 fully saturated rings. The topological polar surface area (TPSA) is 70.0 Å². The summed E-state index contributed by atoms with van der Waals surface area (Å²) in [4.78, 5) is 26.7. The molecular weight excluding hydrogens is 348 g/mol. The van der Waals surface area contributed by atoms with Gasteiger partial charge in [-0.3, -0.25) is 9.59 Å². The lowest BCUT2D eigenvalue weighted by atomic mass is 10.1. The van der Waals surface area contributed by atoms with Crippen LogP contribution in [0.25, 0.3) is 0 Å². The van der Waals surface area contributed by atoms with Crippen LogP contribution in [-0.2, 0) is 7.05 Å². The Morgan fingerprint density at radius 1 is 1.15 bits per heavy atom. The van der Waals surface area contributed by atoms with Crippen LogP contribution in [0.15, 0.2) is 35.1 Å². The van der Waals surface area contributed by atoms with E-state index in [2.05, 4.69) is 0 Å². The minimum atomic E-state index is -0.166. The number of methoxy groups -OCH3 is 2. The van der Waals surface area contributed by atoms with E-state index in [1.54, 1.807) is 34.7 Å². The molecular formula is C20H24N2O5. The van der Waals surface area contributed by atoms with Crippen molar-refractivity contribution in [3.05, 3.63) is 51.9 Å². The predicted octanol–water partition coefficient (Wildman–Crippen LogP) is 2.00. The summed E-state index contributed by atoms with van der Waals surface area (Å²) in [5.74, 6) is 1.33. The predicted molar refractivity (Wildman–Crippen MR) is 101 cm³/mol. The molecule has 1 aliphatic rings. The first-order valence-electron chi connectivity index (χ1n) is 8.79. The van der Waals surface area contributed by atoms with Gasteiger partial charge in [0.25, 0.3) is 11.5 Å². The summed E-state index contributed by atoms with van der Waals surface area (Å²) in [6, 6.07) is 8.56. The van der Waals surface area contributed by atoms with Crippen LogP contribution < -0.4 is 19.8 Å². The largest absolute Gasteiger partial charge is 0.496 e. The number of aromatic nitrogens is 1. The number of benzene rings is 1. The van der Waals surface area contributed by atoms with Gasteiger partial charge in [0.1, 0.15) is 28.9 Å². The number of aryl methyl sites for hydroxylation is 1. The van der Waals surface area contributed by atoms with Gasteiger partial charge in [-0.05, 0) is 25.1 Å². The number of pyridine rings is 1. The second-order valence-corrected chi connectivity index (χ2v) is 6.55. The number of amides is 1. The SMILES string of the molecule is COc1cccc(OC)c1C(=O)N1CCC(Oc2cc(C)n(C)c(=O)c2)C1. The van der Waals surface area contributed by atoms with Crippen LogP contribution in [0.3, 0.4) is 0 Å². The maximum Gasteiger partial charge on any atom is 0.261 e. The first kappa shape index (κ1) is 18.8. The number of ether oxygens (including phenoxy) is 3. The Bertz CT molecular complexity index is 883. The highest BCUT2D eigenvalue weighted by Crippen LogP contribution is 2.31. The van der Waals surface area contributed by atoms with Crippen LogP contribution in [0, 0.1) is 6.92 Å². The highest BCUT2D eigenvalue weighted by Gasteiger charge is 2.31. The van der Waals surface area contributed by atoms with Crippen LogP contribution in [0.2, 0.25) is 0 Å². The van der Waals surface area contributed by atoms with E-state index in [1.165, 1.54) is 20.3 Å². The quantitative estimate of drug-likeness (QED) is 0.803. The van der Waals surface area contributed by atoms with Gasteiger partial charge in [0.2, 0.25) is 0 Å². The smallest absolute Gasteiger partial charge is 0.261 e. The van der Waals surface area contributed by atoms with Crippen molar-refractivity contribution in [2.75, 3.05) is 27.3 Å². The molecule has 144 valence electrons. The van der Waals surface area contributed by atoms with Crippen LogP contribution in [0.4, 0.5) is 0 Å². The highest BCUT2D eigenvalue weighted by atomic mass is 16.5. The molecule has 1 aromatic carbocycles. The molecule has 3 rings (SSSR count). The highest BCUT2D eigenvalue weighted by molar-refractivity contribution is 5.99. The first-order valence-corrected chi connectivity index (χ1v) is 8.79. The Labute approximate surface area is 158 Å². The van der Waals surface area contributed by atoms with Crippen molar-refractivity contribution < 1.29 is 19.0 Å². The Kier molecular flexibility index (Phi) is 5.39. The average molecular weight is 372 g/mol. The molecule has 1 aromatic heterocycles. The zero-order valence-electron chi connectivity index (χ0n) is 16.0.